The Hall–Kier alpha value is -0.630. The largest absolute Gasteiger partial charge is 0.376 e. The molecule has 0 aromatic rings. The molecular formula is C18H31NO. The van der Waals surface area contributed by atoms with E-state index in [-0.39, 0.29) is 0 Å². The second kappa shape index (κ2) is 6.89. The predicted molar refractivity (Wildman–Crippen MR) is 86.4 cm³/mol. The van der Waals surface area contributed by atoms with Crippen LogP contribution in [0.1, 0.15) is 66.7 Å². The highest BCUT2D eigenvalue weighted by molar-refractivity contribution is 5.92. The molecule has 114 valence electrons. The van der Waals surface area contributed by atoms with E-state index in [4.69, 9.17) is 9.73 Å². The molecule has 2 rings (SSSR count). The first-order valence-corrected chi connectivity index (χ1v) is 8.37. The number of rotatable bonds is 3. The molecule has 0 spiro atoms. The highest BCUT2D eigenvalue weighted by Gasteiger charge is 2.29. The van der Waals surface area contributed by atoms with Crippen LogP contribution in [0, 0.1) is 11.8 Å². The van der Waals surface area contributed by atoms with Gasteiger partial charge < -0.3 is 4.74 Å². The average Bonchev–Trinajstić information content (AvgIpc) is 2.33. The molecule has 0 bridgehead atoms. The molecule has 2 unspecified atom stereocenters. The lowest BCUT2D eigenvalue weighted by molar-refractivity contribution is -0.00440. The molecule has 2 aliphatic rings. The SMILES string of the molecule is CC1=C2CCC(OC(C)C)CCCC2C(C(C)C)=NC1. The molecule has 0 aromatic heterocycles. The minimum atomic E-state index is 0.351. The number of hydrogen-bond acceptors (Lipinski definition) is 2. The molecule has 2 atom stereocenters. The van der Waals surface area contributed by atoms with Gasteiger partial charge in [0.25, 0.3) is 0 Å². The van der Waals surface area contributed by atoms with Crippen LogP contribution in [0.15, 0.2) is 16.1 Å². The second-order valence-corrected chi connectivity index (χ2v) is 7.03. The van der Waals surface area contributed by atoms with Gasteiger partial charge in [-0.05, 0) is 58.8 Å². The summed E-state index contributed by atoms with van der Waals surface area (Å²) in [5.41, 5.74) is 4.65. The van der Waals surface area contributed by atoms with Crippen LogP contribution in [0.5, 0.6) is 0 Å². The number of fused-ring (bicyclic) bond motifs is 1. The molecule has 0 radical (unpaired) electrons. The zero-order valence-electron chi connectivity index (χ0n) is 13.9. The summed E-state index contributed by atoms with van der Waals surface area (Å²) in [6.07, 6.45) is 6.95. The molecular weight excluding hydrogens is 246 g/mol. The fraction of sp³-hybridized carbons (Fsp3) is 0.833. The van der Waals surface area contributed by atoms with Crippen LogP contribution in [0.3, 0.4) is 0 Å². The van der Waals surface area contributed by atoms with Crippen molar-refractivity contribution >= 4 is 5.71 Å². The van der Waals surface area contributed by atoms with Crippen molar-refractivity contribution in [3.05, 3.63) is 11.1 Å². The molecule has 1 aliphatic heterocycles. The van der Waals surface area contributed by atoms with E-state index in [0.29, 0.717) is 24.0 Å². The summed E-state index contributed by atoms with van der Waals surface area (Å²) in [4.78, 5) is 4.86. The zero-order valence-corrected chi connectivity index (χ0v) is 13.9. The summed E-state index contributed by atoms with van der Waals surface area (Å²) < 4.78 is 6.06. The molecule has 2 heteroatoms. The lowest BCUT2D eigenvalue weighted by atomic mass is 9.76. The lowest BCUT2D eigenvalue weighted by Crippen LogP contribution is -2.30. The third kappa shape index (κ3) is 3.72. The van der Waals surface area contributed by atoms with Gasteiger partial charge in [0.15, 0.2) is 0 Å². The number of ether oxygens (including phenoxy) is 1. The maximum atomic E-state index is 6.06. The average molecular weight is 277 g/mol. The van der Waals surface area contributed by atoms with Gasteiger partial charge in [-0.3, -0.25) is 4.99 Å². The maximum absolute atomic E-state index is 6.06. The quantitative estimate of drug-likeness (QED) is 0.680. The standard InChI is InChI=1S/C18H31NO/c1-12(2)18-17-8-6-7-15(20-13(3)4)9-10-16(17)14(5)11-19-18/h12-13,15,17H,6-11H2,1-5H3. The Bertz CT molecular complexity index is 392. The summed E-state index contributed by atoms with van der Waals surface area (Å²) in [7, 11) is 0. The van der Waals surface area contributed by atoms with Crippen molar-refractivity contribution in [1.29, 1.82) is 0 Å². The molecule has 0 amide bonds. The number of aliphatic imine (C=N–C) groups is 1. The summed E-state index contributed by atoms with van der Waals surface area (Å²) in [6.45, 7) is 12.1. The van der Waals surface area contributed by atoms with E-state index in [1.165, 1.54) is 43.4 Å². The van der Waals surface area contributed by atoms with Gasteiger partial charge in [0.05, 0.1) is 18.8 Å². The van der Waals surface area contributed by atoms with Crippen LogP contribution in [0.2, 0.25) is 0 Å². The number of nitrogens with zero attached hydrogens (tertiary/aromatic N) is 1. The minimum Gasteiger partial charge on any atom is -0.376 e. The number of allylic oxidation sites excluding steroid dienone is 1. The lowest BCUT2D eigenvalue weighted by Gasteiger charge is -2.34. The molecule has 0 saturated heterocycles. The fourth-order valence-electron chi connectivity index (χ4n) is 3.72. The van der Waals surface area contributed by atoms with Crippen molar-refractivity contribution in [2.24, 2.45) is 16.8 Å². The highest BCUT2D eigenvalue weighted by atomic mass is 16.5. The topological polar surface area (TPSA) is 21.6 Å². The fourth-order valence-corrected chi connectivity index (χ4v) is 3.72. The van der Waals surface area contributed by atoms with Crippen LogP contribution < -0.4 is 0 Å². The maximum Gasteiger partial charge on any atom is 0.0599 e. The molecule has 1 heterocycles. The Kier molecular flexibility index (Phi) is 5.42. The molecule has 2 nitrogen and oxygen atoms in total. The molecule has 0 N–H and O–H groups in total. The van der Waals surface area contributed by atoms with Crippen LogP contribution in [0.25, 0.3) is 0 Å². The molecule has 1 fully saturated rings. The van der Waals surface area contributed by atoms with Crippen molar-refractivity contribution < 1.29 is 4.74 Å². The van der Waals surface area contributed by atoms with Gasteiger partial charge in [0, 0.05) is 11.6 Å². The van der Waals surface area contributed by atoms with Gasteiger partial charge in [0.1, 0.15) is 0 Å². The van der Waals surface area contributed by atoms with E-state index < -0.39 is 0 Å². The highest BCUT2D eigenvalue weighted by Crippen LogP contribution is 2.36. The summed E-state index contributed by atoms with van der Waals surface area (Å²) >= 11 is 0. The zero-order chi connectivity index (χ0) is 14.7. The second-order valence-electron chi connectivity index (χ2n) is 7.03. The van der Waals surface area contributed by atoms with E-state index >= 15 is 0 Å². The Morgan fingerprint density at radius 3 is 2.50 bits per heavy atom. The van der Waals surface area contributed by atoms with Crippen molar-refractivity contribution in [3.8, 4) is 0 Å². The van der Waals surface area contributed by atoms with Gasteiger partial charge >= 0.3 is 0 Å². The van der Waals surface area contributed by atoms with E-state index in [1.54, 1.807) is 5.57 Å². The van der Waals surface area contributed by atoms with E-state index in [2.05, 4.69) is 34.6 Å². The first-order valence-electron chi connectivity index (χ1n) is 8.37. The van der Waals surface area contributed by atoms with Gasteiger partial charge in [-0.25, -0.2) is 0 Å². The smallest absolute Gasteiger partial charge is 0.0599 e. The van der Waals surface area contributed by atoms with Crippen molar-refractivity contribution in [1.82, 2.24) is 0 Å². The third-order valence-corrected chi connectivity index (χ3v) is 4.64. The summed E-state index contributed by atoms with van der Waals surface area (Å²) in [5, 5.41) is 0. The van der Waals surface area contributed by atoms with E-state index in [1.807, 2.05) is 0 Å². The van der Waals surface area contributed by atoms with Crippen molar-refractivity contribution in [2.45, 2.75) is 78.9 Å². The van der Waals surface area contributed by atoms with Gasteiger partial charge in [-0.15, -0.1) is 0 Å². The van der Waals surface area contributed by atoms with E-state index in [9.17, 15) is 0 Å². The monoisotopic (exact) mass is 277 g/mol. The Morgan fingerprint density at radius 2 is 1.85 bits per heavy atom. The Morgan fingerprint density at radius 1 is 1.10 bits per heavy atom. The first kappa shape index (κ1) is 15.8. The van der Waals surface area contributed by atoms with E-state index in [0.717, 1.165) is 6.54 Å². The van der Waals surface area contributed by atoms with Crippen LogP contribution in [0.4, 0.5) is 0 Å². The molecule has 1 saturated carbocycles. The normalized spacial score (nSPS) is 28.2. The van der Waals surface area contributed by atoms with Crippen LogP contribution >= 0.6 is 0 Å². The summed E-state index contributed by atoms with van der Waals surface area (Å²) in [5.74, 6) is 1.22. The molecule has 20 heavy (non-hydrogen) atoms. The van der Waals surface area contributed by atoms with Gasteiger partial charge in [-0.1, -0.05) is 25.0 Å². The number of hydrogen-bond donors (Lipinski definition) is 0. The molecule has 0 aromatic carbocycles. The molecule has 1 aliphatic carbocycles. The predicted octanol–water partition coefficient (Wildman–Crippen LogP) is 4.79. The van der Waals surface area contributed by atoms with Gasteiger partial charge in [0.2, 0.25) is 0 Å². The van der Waals surface area contributed by atoms with Gasteiger partial charge in [-0.2, -0.15) is 0 Å². The third-order valence-electron chi connectivity index (χ3n) is 4.64. The van der Waals surface area contributed by atoms with Crippen LogP contribution in [-0.2, 0) is 4.74 Å². The van der Waals surface area contributed by atoms with Crippen molar-refractivity contribution in [2.75, 3.05) is 6.54 Å². The minimum absolute atomic E-state index is 0.351. The van der Waals surface area contributed by atoms with Crippen molar-refractivity contribution in [3.63, 3.8) is 0 Å². The Balaban J connectivity index is 2.10. The summed E-state index contributed by atoms with van der Waals surface area (Å²) in [6, 6.07) is 0. The first-order chi connectivity index (χ1) is 9.49. The Labute approximate surface area is 124 Å². The van der Waals surface area contributed by atoms with Crippen LogP contribution in [-0.4, -0.2) is 24.5 Å². The number of dihydropyridines is 1.